The second-order valence-electron chi connectivity index (χ2n) is 4.35. The zero-order valence-electron chi connectivity index (χ0n) is 11.2. The Balaban J connectivity index is 2.48. The Morgan fingerprint density at radius 1 is 1.28 bits per heavy atom. The first-order valence-electron chi connectivity index (χ1n) is 6.22. The van der Waals surface area contributed by atoms with Gasteiger partial charge in [-0.1, -0.05) is 31.2 Å². The minimum absolute atomic E-state index is 0.108. The Hall–Kier alpha value is -0.910. The van der Waals surface area contributed by atoms with Crippen LogP contribution < -0.4 is 10.0 Å². The van der Waals surface area contributed by atoms with Gasteiger partial charge in [0.1, 0.15) is 0 Å². The van der Waals surface area contributed by atoms with E-state index < -0.39 is 10.0 Å². The Morgan fingerprint density at radius 2 is 1.94 bits per heavy atom. The first-order chi connectivity index (χ1) is 8.46. The molecule has 0 saturated heterocycles. The fourth-order valence-corrected chi connectivity index (χ4v) is 2.86. The lowest BCUT2D eigenvalue weighted by atomic mass is 10.0. The lowest BCUT2D eigenvalue weighted by molar-refractivity contribution is 0.563. The van der Waals surface area contributed by atoms with Gasteiger partial charge in [-0.05, 0) is 25.0 Å². The molecule has 102 valence electrons. The maximum Gasteiger partial charge on any atom is 0.212 e. The molecule has 0 aliphatic carbocycles. The predicted octanol–water partition coefficient (Wildman–Crippen LogP) is 1.58. The van der Waals surface area contributed by atoms with Crippen molar-refractivity contribution in [3.05, 3.63) is 35.4 Å². The van der Waals surface area contributed by atoms with Gasteiger partial charge in [0.15, 0.2) is 0 Å². The van der Waals surface area contributed by atoms with Crippen LogP contribution in [0.4, 0.5) is 0 Å². The van der Waals surface area contributed by atoms with E-state index in [9.17, 15) is 8.42 Å². The predicted molar refractivity (Wildman–Crippen MR) is 75.1 cm³/mol. The van der Waals surface area contributed by atoms with Crippen molar-refractivity contribution in [1.29, 1.82) is 0 Å². The van der Waals surface area contributed by atoms with E-state index in [1.807, 2.05) is 19.1 Å². The van der Waals surface area contributed by atoms with Gasteiger partial charge in [0, 0.05) is 19.1 Å². The summed E-state index contributed by atoms with van der Waals surface area (Å²) >= 11 is 0. The van der Waals surface area contributed by atoms with Gasteiger partial charge >= 0.3 is 0 Å². The third-order valence-corrected chi connectivity index (χ3v) is 4.31. The molecule has 0 aliphatic rings. The van der Waals surface area contributed by atoms with E-state index in [-0.39, 0.29) is 11.8 Å². The molecule has 0 aliphatic heterocycles. The lowest BCUT2D eigenvalue weighted by Crippen LogP contribution is -2.32. The molecule has 0 saturated carbocycles. The van der Waals surface area contributed by atoms with Gasteiger partial charge in [-0.25, -0.2) is 13.1 Å². The SMILES string of the molecule is CCNS(=O)(=O)CCNC(C)c1ccccc1C. The molecule has 0 fully saturated rings. The second kappa shape index (κ2) is 6.87. The molecule has 0 bridgehead atoms. The van der Waals surface area contributed by atoms with Crippen LogP contribution >= 0.6 is 0 Å². The van der Waals surface area contributed by atoms with E-state index in [0.717, 1.165) is 0 Å². The number of nitrogens with one attached hydrogen (secondary N) is 2. The molecule has 4 nitrogen and oxygen atoms in total. The Morgan fingerprint density at radius 3 is 2.56 bits per heavy atom. The first-order valence-corrected chi connectivity index (χ1v) is 7.87. The highest BCUT2D eigenvalue weighted by Crippen LogP contribution is 2.16. The van der Waals surface area contributed by atoms with Crippen molar-refractivity contribution in [2.24, 2.45) is 0 Å². The molecule has 2 N–H and O–H groups in total. The summed E-state index contributed by atoms with van der Waals surface area (Å²) in [5.74, 6) is 0.108. The average Bonchev–Trinajstić information content (AvgIpc) is 2.29. The molecule has 1 atom stereocenters. The highest BCUT2D eigenvalue weighted by atomic mass is 32.2. The van der Waals surface area contributed by atoms with E-state index in [1.54, 1.807) is 6.92 Å². The van der Waals surface area contributed by atoms with Crippen molar-refractivity contribution >= 4 is 10.0 Å². The summed E-state index contributed by atoms with van der Waals surface area (Å²) in [6.45, 7) is 6.77. The highest BCUT2D eigenvalue weighted by Gasteiger charge is 2.11. The molecule has 1 rings (SSSR count). The third-order valence-electron chi connectivity index (χ3n) is 2.84. The van der Waals surface area contributed by atoms with Crippen LogP contribution in [0.15, 0.2) is 24.3 Å². The highest BCUT2D eigenvalue weighted by molar-refractivity contribution is 7.89. The molecule has 5 heteroatoms. The van der Waals surface area contributed by atoms with Gasteiger partial charge in [-0.3, -0.25) is 0 Å². The number of sulfonamides is 1. The zero-order chi connectivity index (χ0) is 13.6. The Bertz CT molecular complexity index is 472. The lowest BCUT2D eigenvalue weighted by Gasteiger charge is -2.16. The monoisotopic (exact) mass is 270 g/mol. The molecular weight excluding hydrogens is 248 g/mol. The van der Waals surface area contributed by atoms with Crippen molar-refractivity contribution in [3.63, 3.8) is 0 Å². The molecule has 1 aromatic rings. The van der Waals surface area contributed by atoms with Crippen LogP contribution in [-0.2, 0) is 10.0 Å². The first kappa shape index (κ1) is 15.1. The quantitative estimate of drug-likeness (QED) is 0.791. The summed E-state index contributed by atoms with van der Waals surface area (Å²) in [6, 6.07) is 8.27. The van der Waals surface area contributed by atoms with Gasteiger partial charge in [0.05, 0.1) is 5.75 Å². The molecular formula is C13H22N2O2S. The number of aryl methyl sites for hydroxylation is 1. The third kappa shape index (κ3) is 4.76. The van der Waals surface area contributed by atoms with E-state index in [4.69, 9.17) is 0 Å². The maximum absolute atomic E-state index is 11.5. The molecule has 0 radical (unpaired) electrons. The van der Waals surface area contributed by atoms with E-state index >= 15 is 0 Å². The molecule has 18 heavy (non-hydrogen) atoms. The maximum atomic E-state index is 11.5. The molecule has 1 unspecified atom stereocenters. The Kier molecular flexibility index (Phi) is 5.78. The molecule has 0 aromatic heterocycles. The fourth-order valence-electron chi connectivity index (χ4n) is 1.88. The van der Waals surface area contributed by atoms with Crippen molar-refractivity contribution in [2.75, 3.05) is 18.8 Å². The van der Waals surface area contributed by atoms with E-state index in [0.29, 0.717) is 13.1 Å². The van der Waals surface area contributed by atoms with Gasteiger partial charge in [0.25, 0.3) is 0 Å². The van der Waals surface area contributed by atoms with Crippen LogP contribution in [0.3, 0.4) is 0 Å². The molecule has 1 aromatic carbocycles. The van der Waals surface area contributed by atoms with Crippen LogP contribution in [0.1, 0.15) is 31.0 Å². The Labute approximate surface area is 110 Å². The molecule has 0 heterocycles. The van der Waals surface area contributed by atoms with Crippen LogP contribution in [0, 0.1) is 6.92 Å². The largest absolute Gasteiger partial charge is 0.309 e. The van der Waals surface area contributed by atoms with Crippen LogP contribution in [0.5, 0.6) is 0 Å². The van der Waals surface area contributed by atoms with Crippen molar-refractivity contribution < 1.29 is 8.42 Å². The summed E-state index contributed by atoms with van der Waals surface area (Å²) in [6.07, 6.45) is 0. The van der Waals surface area contributed by atoms with Gasteiger partial charge in [-0.15, -0.1) is 0 Å². The molecule has 0 amide bonds. The summed E-state index contributed by atoms with van der Waals surface area (Å²) in [4.78, 5) is 0. The summed E-state index contributed by atoms with van der Waals surface area (Å²) in [5, 5.41) is 3.24. The minimum atomic E-state index is -3.13. The number of hydrogen-bond donors (Lipinski definition) is 2. The van der Waals surface area contributed by atoms with Crippen LogP contribution in [0.2, 0.25) is 0 Å². The standard InChI is InChI=1S/C13H22N2O2S/c1-4-15-18(16,17)10-9-14-12(3)13-8-6-5-7-11(13)2/h5-8,12,14-15H,4,9-10H2,1-3H3. The number of benzene rings is 1. The molecule has 0 spiro atoms. The zero-order valence-corrected chi connectivity index (χ0v) is 12.0. The van der Waals surface area contributed by atoms with Crippen LogP contribution in [0.25, 0.3) is 0 Å². The van der Waals surface area contributed by atoms with E-state index in [2.05, 4.69) is 29.1 Å². The van der Waals surface area contributed by atoms with Gasteiger partial charge in [0.2, 0.25) is 10.0 Å². The van der Waals surface area contributed by atoms with E-state index in [1.165, 1.54) is 11.1 Å². The average molecular weight is 270 g/mol. The van der Waals surface area contributed by atoms with Gasteiger partial charge < -0.3 is 5.32 Å². The number of hydrogen-bond acceptors (Lipinski definition) is 3. The fraction of sp³-hybridized carbons (Fsp3) is 0.538. The van der Waals surface area contributed by atoms with Crippen LogP contribution in [-0.4, -0.2) is 27.3 Å². The summed E-state index contributed by atoms with van der Waals surface area (Å²) < 4.78 is 25.4. The minimum Gasteiger partial charge on any atom is -0.309 e. The van der Waals surface area contributed by atoms with Crippen molar-refractivity contribution in [1.82, 2.24) is 10.0 Å². The van der Waals surface area contributed by atoms with Gasteiger partial charge in [-0.2, -0.15) is 0 Å². The number of rotatable bonds is 7. The normalized spacial score (nSPS) is 13.5. The summed E-state index contributed by atoms with van der Waals surface area (Å²) in [7, 11) is -3.13. The second-order valence-corrected chi connectivity index (χ2v) is 6.28. The van der Waals surface area contributed by atoms with Crippen molar-refractivity contribution in [3.8, 4) is 0 Å². The van der Waals surface area contributed by atoms with Crippen molar-refractivity contribution in [2.45, 2.75) is 26.8 Å². The topological polar surface area (TPSA) is 58.2 Å². The summed E-state index contributed by atoms with van der Waals surface area (Å²) in [5.41, 5.74) is 2.42. The smallest absolute Gasteiger partial charge is 0.212 e.